The van der Waals surface area contributed by atoms with Gasteiger partial charge in [0.2, 0.25) is 5.91 Å². The standard InChI is InChI=1S/C16H12F2N2O/c17-12-6-8-15(13(18)10-12)20-16(21)9-7-14(19-20)11-4-2-1-3-5-11/h1-6,8,10H,7,9H2. The predicted molar refractivity (Wildman–Crippen MR) is 76.1 cm³/mol. The van der Waals surface area contributed by atoms with Crippen molar-refractivity contribution >= 4 is 17.3 Å². The van der Waals surface area contributed by atoms with E-state index < -0.39 is 11.6 Å². The van der Waals surface area contributed by atoms with Crippen LogP contribution in [-0.2, 0) is 4.79 Å². The van der Waals surface area contributed by atoms with Crippen molar-refractivity contribution in [2.45, 2.75) is 12.8 Å². The lowest BCUT2D eigenvalue weighted by Gasteiger charge is -2.24. The number of hydrogen-bond acceptors (Lipinski definition) is 2. The minimum Gasteiger partial charge on any atom is -0.273 e. The smallest absolute Gasteiger partial charge is 0.247 e. The van der Waals surface area contributed by atoms with E-state index in [0.29, 0.717) is 12.1 Å². The molecule has 1 heterocycles. The molecule has 21 heavy (non-hydrogen) atoms. The first-order chi connectivity index (χ1) is 10.1. The van der Waals surface area contributed by atoms with E-state index in [2.05, 4.69) is 5.10 Å². The summed E-state index contributed by atoms with van der Waals surface area (Å²) in [5.41, 5.74) is 1.56. The van der Waals surface area contributed by atoms with E-state index in [1.807, 2.05) is 30.3 Å². The summed E-state index contributed by atoms with van der Waals surface area (Å²) in [4.78, 5) is 12.0. The van der Waals surface area contributed by atoms with Crippen LogP contribution in [0.2, 0.25) is 0 Å². The Morgan fingerprint density at radius 2 is 1.76 bits per heavy atom. The maximum atomic E-state index is 13.8. The number of hydrogen-bond donors (Lipinski definition) is 0. The first-order valence-corrected chi connectivity index (χ1v) is 6.56. The summed E-state index contributed by atoms with van der Waals surface area (Å²) >= 11 is 0. The summed E-state index contributed by atoms with van der Waals surface area (Å²) in [6.07, 6.45) is 0.743. The van der Waals surface area contributed by atoms with Gasteiger partial charge in [-0.15, -0.1) is 0 Å². The Morgan fingerprint density at radius 3 is 2.48 bits per heavy atom. The molecule has 0 bridgehead atoms. The van der Waals surface area contributed by atoms with Crippen molar-refractivity contribution in [3.63, 3.8) is 0 Å². The molecule has 1 aliphatic rings. The van der Waals surface area contributed by atoms with Crippen molar-refractivity contribution in [2.75, 3.05) is 5.01 Å². The van der Waals surface area contributed by atoms with Crippen LogP contribution in [0.25, 0.3) is 0 Å². The molecule has 0 radical (unpaired) electrons. The summed E-state index contributed by atoms with van der Waals surface area (Å²) < 4.78 is 26.8. The van der Waals surface area contributed by atoms with Gasteiger partial charge >= 0.3 is 0 Å². The molecule has 0 aromatic heterocycles. The summed E-state index contributed by atoms with van der Waals surface area (Å²) in [5.74, 6) is -1.80. The molecule has 0 fully saturated rings. The maximum absolute atomic E-state index is 13.8. The van der Waals surface area contributed by atoms with Crippen LogP contribution in [0, 0.1) is 11.6 Å². The number of hydrazone groups is 1. The third-order valence-corrected chi connectivity index (χ3v) is 3.28. The van der Waals surface area contributed by atoms with Crippen molar-refractivity contribution in [3.8, 4) is 0 Å². The van der Waals surface area contributed by atoms with E-state index in [1.54, 1.807) is 0 Å². The molecule has 0 spiro atoms. The topological polar surface area (TPSA) is 32.7 Å². The lowest BCUT2D eigenvalue weighted by atomic mass is 10.0. The minimum atomic E-state index is -0.804. The van der Waals surface area contributed by atoms with Crippen molar-refractivity contribution < 1.29 is 13.6 Å². The van der Waals surface area contributed by atoms with Gasteiger partial charge in [-0.2, -0.15) is 10.1 Å². The molecule has 2 aromatic rings. The Balaban J connectivity index is 2.02. The van der Waals surface area contributed by atoms with Gasteiger partial charge in [0.15, 0.2) is 5.82 Å². The minimum absolute atomic E-state index is 0.0328. The van der Waals surface area contributed by atoms with Gasteiger partial charge in [-0.25, -0.2) is 8.78 Å². The van der Waals surface area contributed by atoms with Crippen LogP contribution in [0.15, 0.2) is 53.6 Å². The summed E-state index contributed by atoms with van der Waals surface area (Å²) in [6, 6.07) is 12.5. The third kappa shape index (κ3) is 2.67. The van der Waals surface area contributed by atoms with Crippen LogP contribution in [0.5, 0.6) is 0 Å². The first kappa shape index (κ1) is 13.4. The lowest BCUT2D eigenvalue weighted by molar-refractivity contribution is -0.118. The molecule has 1 amide bonds. The number of carbonyl (C=O) groups is 1. The van der Waals surface area contributed by atoms with Gasteiger partial charge in [-0.3, -0.25) is 4.79 Å². The highest BCUT2D eigenvalue weighted by molar-refractivity contribution is 6.08. The van der Waals surface area contributed by atoms with Crippen LogP contribution in [0.1, 0.15) is 18.4 Å². The largest absolute Gasteiger partial charge is 0.273 e. The maximum Gasteiger partial charge on any atom is 0.247 e. The molecule has 3 rings (SSSR count). The van der Waals surface area contributed by atoms with E-state index >= 15 is 0 Å². The number of benzene rings is 2. The fraction of sp³-hybridized carbons (Fsp3) is 0.125. The van der Waals surface area contributed by atoms with Crippen LogP contribution >= 0.6 is 0 Å². The van der Waals surface area contributed by atoms with E-state index in [-0.39, 0.29) is 18.0 Å². The summed E-state index contributed by atoms with van der Waals surface area (Å²) in [6.45, 7) is 0. The Bertz CT molecular complexity index is 713. The second-order valence-electron chi connectivity index (χ2n) is 4.71. The van der Waals surface area contributed by atoms with Crippen LogP contribution < -0.4 is 5.01 Å². The number of nitrogens with zero attached hydrogens (tertiary/aromatic N) is 2. The number of rotatable bonds is 2. The van der Waals surface area contributed by atoms with Crippen LogP contribution in [0.3, 0.4) is 0 Å². The number of amides is 1. The number of carbonyl (C=O) groups excluding carboxylic acids is 1. The number of anilines is 1. The zero-order valence-electron chi connectivity index (χ0n) is 11.1. The molecule has 2 aromatic carbocycles. The molecule has 0 atom stereocenters. The molecule has 0 saturated carbocycles. The van der Waals surface area contributed by atoms with Gasteiger partial charge in [-0.05, 0) is 17.7 Å². The van der Waals surface area contributed by atoms with Gasteiger partial charge in [0, 0.05) is 18.9 Å². The molecule has 0 N–H and O–H groups in total. The molecule has 5 heteroatoms. The highest BCUT2D eigenvalue weighted by atomic mass is 19.1. The first-order valence-electron chi connectivity index (χ1n) is 6.56. The predicted octanol–water partition coefficient (Wildman–Crippen LogP) is 3.50. The lowest BCUT2D eigenvalue weighted by Crippen LogP contribution is -2.32. The average molecular weight is 286 g/mol. The molecular formula is C16H12F2N2O. The molecule has 1 aliphatic heterocycles. The highest BCUT2D eigenvalue weighted by Gasteiger charge is 2.25. The Kier molecular flexibility index (Phi) is 3.48. The monoisotopic (exact) mass is 286 g/mol. The second-order valence-corrected chi connectivity index (χ2v) is 4.71. The van der Waals surface area contributed by atoms with Gasteiger partial charge < -0.3 is 0 Å². The van der Waals surface area contributed by atoms with Crippen LogP contribution in [0.4, 0.5) is 14.5 Å². The van der Waals surface area contributed by atoms with Gasteiger partial charge in [0.1, 0.15) is 11.5 Å². The zero-order chi connectivity index (χ0) is 14.8. The van der Waals surface area contributed by atoms with E-state index in [9.17, 15) is 13.6 Å². The normalized spacial score (nSPS) is 15.0. The molecule has 0 unspecified atom stereocenters. The van der Waals surface area contributed by atoms with Gasteiger partial charge in [0.25, 0.3) is 0 Å². The van der Waals surface area contributed by atoms with Crippen molar-refractivity contribution in [1.29, 1.82) is 0 Å². The fourth-order valence-corrected chi connectivity index (χ4v) is 2.23. The quantitative estimate of drug-likeness (QED) is 0.831. The van der Waals surface area contributed by atoms with Crippen molar-refractivity contribution in [1.82, 2.24) is 0 Å². The third-order valence-electron chi connectivity index (χ3n) is 3.28. The Morgan fingerprint density at radius 1 is 1.00 bits per heavy atom. The van der Waals surface area contributed by atoms with Crippen molar-refractivity contribution in [2.24, 2.45) is 5.10 Å². The second kappa shape index (κ2) is 5.44. The summed E-state index contributed by atoms with van der Waals surface area (Å²) in [5, 5.41) is 5.25. The summed E-state index contributed by atoms with van der Waals surface area (Å²) in [7, 11) is 0. The number of halogens is 2. The van der Waals surface area contributed by atoms with Gasteiger partial charge in [-0.1, -0.05) is 30.3 Å². The molecular weight excluding hydrogens is 274 g/mol. The van der Waals surface area contributed by atoms with Crippen molar-refractivity contribution in [3.05, 3.63) is 65.7 Å². The fourth-order valence-electron chi connectivity index (χ4n) is 2.23. The Labute approximate surface area is 120 Å². The highest BCUT2D eigenvalue weighted by Crippen LogP contribution is 2.25. The van der Waals surface area contributed by atoms with Crippen LogP contribution in [-0.4, -0.2) is 11.6 Å². The van der Waals surface area contributed by atoms with E-state index in [1.165, 1.54) is 6.07 Å². The van der Waals surface area contributed by atoms with E-state index in [0.717, 1.165) is 22.7 Å². The molecule has 0 saturated heterocycles. The Hall–Kier alpha value is -2.56. The zero-order valence-corrected chi connectivity index (χ0v) is 11.1. The SMILES string of the molecule is O=C1CCC(c2ccccc2)=NN1c1ccc(F)cc1F. The average Bonchev–Trinajstić information content (AvgIpc) is 2.49. The molecule has 106 valence electrons. The van der Waals surface area contributed by atoms with E-state index in [4.69, 9.17) is 0 Å². The molecule has 3 nitrogen and oxygen atoms in total. The molecule has 0 aliphatic carbocycles. The van der Waals surface area contributed by atoms with Gasteiger partial charge in [0.05, 0.1) is 5.71 Å².